The predicted octanol–water partition coefficient (Wildman–Crippen LogP) is 3.38. The van der Waals surface area contributed by atoms with Gasteiger partial charge in [-0.1, -0.05) is 24.3 Å². The van der Waals surface area contributed by atoms with Crippen molar-refractivity contribution < 1.29 is 38.0 Å². The number of alkyl halides is 3. The van der Waals surface area contributed by atoms with Gasteiger partial charge in [-0.05, 0) is 47.5 Å². The van der Waals surface area contributed by atoms with Gasteiger partial charge in [0.15, 0.2) is 0 Å². The number of hydrogen-bond donors (Lipinski definition) is 4. The molecule has 0 saturated heterocycles. The van der Waals surface area contributed by atoms with Crippen LogP contribution in [0.25, 0.3) is 11.1 Å². The van der Waals surface area contributed by atoms with Crippen molar-refractivity contribution in [1.82, 2.24) is 4.90 Å². The zero-order chi connectivity index (χ0) is 24.7. The lowest BCUT2D eigenvalue weighted by atomic mass is 10.0. The Morgan fingerprint density at radius 1 is 0.971 bits per heavy atom. The number of nitrogens with two attached hydrogens (primary N) is 1. The predicted molar refractivity (Wildman–Crippen MR) is 117 cm³/mol. The molecule has 0 aromatic heterocycles. The van der Waals surface area contributed by atoms with Gasteiger partial charge >= 0.3 is 6.18 Å². The molecule has 3 aromatic carbocycles. The van der Waals surface area contributed by atoms with Crippen molar-refractivity contribution in [3.05, 3.63) is 77.4 Å². The molecule has 1 amide bonds. The minimum absolute atomic E-state index is 0.0516. The van der Waals surface area contributed by atoms with Gasteiger partial charge in [0.2, 0.25) is 0 Å². The number of rotatable bonds is 3. The van der Waals surface area contributed by atoms with E-state index in [-0.39, 0.29) is 36.7 Å². The number of phenols is 1. The second-order valence-electron chi connectivity index (χ2n) is 7.92. The quantitative estimate of drug-likeness (QED) is 0.263. The van der Waals surface area contributed by atoms with Crippen LogP contribution in [0.5, 0.6) is 11.5 Å². The summed E-state index contributed by atoms with van der Waals surface area (Å²) in [6.45, 7) is 0.625. The number of phenolic OH excluding ortho intramolecular Hbond substituents is 1. The van der Waals surface area contributed by atoms with Gasteiger partial charge in [-0.2, -0.15) is 13.2 Å². The largest absolute Gasteiger partial charge is 0.506 e. The number of amides is 1. The summed E-state index contributed by atoms with van der Waals surface area (Å²) in [7, 11) is 0. The molecule has 5 N–H and O–H groups in total. The lowest BCUT2D eigenvalue weighted by Gasteiger charge is -2.25. The summed E-state index contributed by atoms with van der Waals surface area (Å²) in [6, 6.07) is 14.2. The Labute approximate surface area is 192 Å². The zero-order valence-electron chi connectivity index (χ0n) is 17.7. The fourth-order valence-electron chi connectivity index (χ4n) is 3.66. The zero-order valence-corrected chi connectivity index (χ0v) is 17.7. The molecule has 1 aliphatic rings. The number of nitrogens with zero attached hydrogens (tertiary/aromatic N) is 1. The van der Waals surface area contributed by atoms with E-state index in [9.17, 15) is 33.3 Å². The van der Waals surface area contributed by atoms with Gasteiger partial charge in [-0.25, -0.2) is 0 Å². The third-order valence-corrected chi connectivity index (χ3v) is 5.62. The number of carbonyl (C=O) groups is 1. The monoisotopic (exact) mass is 474 g/mol. The average molecular weight is 474 g/mol. The average Bonchev–Trinajstić information content (AvgIpc) is 3.01. The maximum Gasteiger partial charge on any atom is 0.447 e. The molecule has 0 bridgehead atoms. The maximum absolute atomic E-state index is 13.0. The molecular formula is C24H21F3N2O5. The Morgan fingerprint density at radius 2 is 1.62 bits per heavy atom. The van der Waals surface area contributed by atoms with Crippen molar-refractivity contribution in [3.63, 3.8) is 0 Å². The van der Waals surface area contributed by atoms with Crippen LogP contribution < -0.4 is 10.5 Å². The van der Waals surface area contributed by atoms with Gasteiger partial charge in [0.05, 0.1) is 12.2 Å². The maximum atomic E-state index is 13.0. The molecule has 0 atom stereocenters. The first kappa shape index (κ1) is 23.4. The minimum Gasteiger partial charge on any atom is -0.506 e. The highest BCUT2D eigenvalue weighted by Crippen LogP contribution is 2.37. The van der Waals surface area contributed by atoms with Crippen molar-refractivity contribution >= 4 is 11.6 Å². The Hall–Kier alpha value is -3.76. The molecule has 0 radical (unpaired) electrons. The Balaban J connectivity index is 1.58. The molecule has 0 fully saturated rings. The van der Waals surface area contributed by atoms with Crippen molar-refractivity contribution in [2.45, 2.75) is 18.5 Å². The number of ether oxygens (including phenoxy) is 1. The first-order chi connectivity index (χ1) is 16.0. The first-order valence-electron chi connectivity index (χ1n) is 10.2. The van der Waals surface area contributed by atoms with Gasteiger partial charge < -0.3 is 30.7 Å². The molecular weight excluding hydrogens is 453 g/mol. The molecule has 178 valence electrons. The van der Waals surface area contributed by atoms with Crippen molar-refractivity contribution in [2.75, 3.05) is 18.9 Å². The number of fused-ring (bicyclic) bond motifs is 1. The van der Waals surface area contributed by atoms with Gasteiger partial charge in [0, 0.05) is 23.2 Å². The van der Waals surface area contributed by atoms with Crippen molar-refractivity contribution in [1.29, 1.82) is 0 Å². The molecule has 1 heterocycles. The van der Waals surface area contributed by atoms with E-state index in [1.165, 1.54) is 11.0 Å². The van der Waals surface area contributed by atoms with E-state index in [4.69, 9.17) is 10.5 Å². The minimum atomic E-state index is -5.29. The van der Waals surface area contributed by atoms with Crippen molar-refractivity contribution in [3.8, 4) is 22.6 Å². The molecule has 10 heteroatoms. The summed E-state index contributed by atoms with van der Waals surface area (Å²) < 4.78 is 44.3. The number of anilines is 1. The number of hydrogen-bond acceptors (Lipinski definition) is 6. The highest BCUT2D eigenvalue weighted by Gasteiger charge is 2.54. The van der Waals surface area contributed by atoms with Crippen molar-refractivity contribution in [2.24, 2.45) is 0 Å². The molecule has 0 saturated carbocycles. The normalized spacial score (nSPS) is 14.2. The number of aromatic hydroxyl groups is 1. The number of halogens is 3. The van der Waals surface area contributed by atoms with E-state index in [2.05, 4.69) is 0 Å². The van der Waals surface area contributed by atoms with E-state index in [0.29, 0.717) is 16.9 Å². The third kappa shape index (κ3) is 4.37. The molecule has 0 aliphatic carbocycles. The van der Waals surface area contributed by atoms with Crippen LogP contribution in [-0.4, -0.2) is 45.5 Å². The Kier molecular flexibility index (Phi) is 5.88. The summed E-state index contributed by atoms with van der Waals surface area (Å²) in [6.07, 6.45) is -5.29. The molecule has 7 nitrogen and oxygen atoms in total. The Bertz CT molecular complexity index is 1230. The van der Waals surface area contributed by atoms with Gasteiger partial charge in [-0.15, -0.1) is 0 Å². The topological polar surface area (TPSA) is 116 Å². The third-order valence-electron chi connectivity index (χ3n) is 5.62. The number of nitrogen functional groups attached to an aromatic ring is 1. The van der Waals surface area contributed by atoms with Crippen LogP contribution in [0.2, 0.25) is 0 Å². The highest BCUT2D eigenvalue weighted by molar-refractivity contribution is 5.94. The van der Waals surface area contributed by atoms with Crippen LogP contribution in [0.15, 0.2) is 60.7 Å². The molecule has 0 unspecified atom stereocenters. The van der Waals surface area contributed by atoms with E-state index in [0.717, 1.165) is 29.8 Å². The summed E-state index contributed by atoms with van der Waals surface area (Å²) in [5.41, 5.74) is 7.40. The van der Waals surface area contributed by atoms with E-state index >= 15 is 0 Å². The van der Waals surface area contributed by atoms with E-state index in [1.807, 2.05) is 12.1 Å². The van der Waals surface area contributed by atoms with Crippen LogP contribution in [0.1, 0.15) is 21.5 Å². The van der Waals surface area contributed by atoms with Crippen LogP contribution >= 0.6 is 0 Å². The Morgan fingerprint density at radius 3 is 2.26 bits per heavy atom. The standard InChI is InChI=1S/C24H21F3N2O5/c25-24(26,27)23(32,33)18-5-1-14(2-6-18)22(31)29-9-10-34-21-8-4-15(11-17(21)13-29)16-3-7-19(28)20(30)12-16/h1-8,11-12,30,32-33H,9-10,13,28H2. The fourth-order valence-corrected chi connectivity index (χ4v) is 3.66. The first-order valence-corrected chi connectivity index (χ1v) is 10.2. The summed E-state index contributed by atoms with van der Waals surface area (Å²) in [4.78, 5) is 14.5. The van der Waals surface area contributed by atoms with E-state index < -0.39 is 23.4 Å². The van der Waals surface area contributed by atoms with Gasteiger partial charge in [-0.3, -0.25) is 4.79 Å². The van der Waals surface area contributed by atoms with Crippen LogP contribution in [0, 0.1) is 0 Å². The smallest absolute Gasteiger partial charge is 0.447 e. The summed E-state index contributed by atoms with van der Waals surface area (Å²) in [5.74, 6) is -3.93. The van der Waals surface area contributed by atoms with Gasteiger partial charge in [0.1, 0.15) is 18.1 Å². The van der Waals surface area contributed by atoms with Crippen LogP contribution in [0.3, 0.4) is 0 Å². The number of aliphatic hydroxyl groups is 2. The fraction of sp³-hybridized carbons (Fsp3) is 0.208. The molecule has 3 aromatic rings. The van der Waals surface area contributed by atoms with Gasteiger partial charge in [0.25, 0.3) is 11.7 Å². The summed E-state index contributed by atoms with van der Waals surface area (Å²) in [5, 5.41) is 28.7. The lowest BCUT2D eigenvalue weighted by Crippen LogP contribution is -2.42. The number of benzene rings is 3. The lowest BCUT2D eigenvalue weighted by molar-refractivity contribution is -0.358. The SMILES string of the molecule is Nc1ccc(-c2ccc3c(c2)CN(C(=O)c2ccc(C(O)(O)C(F)(F)F)cc2)CCO3)cc1O. The highest BCUT2D eigenvalue weighted by atomic mass is 19.4. The van der Waals surface area contributed by atoms with Crippen LogP contribution in [0.4, 0.5) is 18.9 Å². The molecule has 0 spiro atoms. The second kappa shape index (κ2) is 8.54. The van der Waals surface area contributed by atoms with Crippen LogP contribution in [-0.2, 0) is 12.3 Å². The molecule has 1 aliphatic heterocycles. The summed E-state index contributed by atoms with van der Waals surface area (Å²) >= 11 is 0. The molecule has 34 heavy (non-hydrogen) atoms. The molecule has 4 rings (SSSR count). The van der Waals surface area contributed by atoms with E-state index in [1.54, 1.807) is 18.2 Å². The second-order valence-corrected chi connectivity index (χ2v) is 7.92. The number of carbonyl (C=O) groups excluding carboxylic acids is 1.